The number of nitrogens with zero attached hydrogens (tertiary/aromatic N) is 4. The Balaban J connectivity index is 1.10. The summed E-state index contributed by atoms with van der Waals surface area (Å²) in [4.78, 5) is 46.1. The molecule has 0 N–H and O–H groups in total. The summed E-state index contributed by atoms with van der Waals surface area (Å²) in [7, 11) is 0. The predicted octanol–water partition coefficient (Wildman–Crippen LogP) is 3.95. The molecule has 3 aliphatic heterocycles. The summed E-state index contributed by atoms with van der Waals surface area (Å²) in [6, 6.07) is 13.0. The van der Waals surface area contributed by atoms with Crippen LogP contribution in [-0.4, -0.2) is 73.3 Å². The molecule has 0 spiro atoms. The zero-order valence-corrected chi connectivity index (χ0v) is 22.0. The van der Waals surface area contributed by atoms with Gasteiger partial charge in [0.1, 0.15) is 0 Å². The van der Waals surface area contributed by atoms with Crippen LogP contribution < -0.4 is 9.80 Å². The first kappa shape index (κ1) is 27.0. The molecule has 3 amide bonds. The fourth-order valence-electron chi connectivity index (χ4n) is 5.77. The van der Waals surface area contributed by atoms with Crippen molar-refractivity contribution in [3.8, 4) is 0 Å². The first-order chi connectivity index (χ1) is 18.6. The lowest BCUT2D eigenvalue weighted by Crippen LogP contribution is -2.52. The second kappa shape index (κ2) is 10.9. The molecule has 3 aliphatic rings. The number of likely N-dealkylation sites (tertiary alicyclic amines) is 1. The summed E-state index contributed by atoms with van der Waals surface area (Å²) in [5.74, 6) is -0.587. The van der Waals surface area contributed by atoms with E-state index in [2.05, 4.69) is 0 Å². The highest BCUT2D eigenvalue weighted by Crippen LogP contribution is 2.32. The van der Waals surface area contributed by atoms with Crippen molar-refractivity contribution in [1.29, 1.82) is 0 Å². The largest absolute Gasteiger partial charge is 0.416 e. The fourth-order valence-corrected chi connectivity index (χ4v) is 5.77. The van der Waals surface area contributed by atoms with Crippen molar-refractivity contribution in [1.82, 2.24) is 9.80 Å². The number of amides is 3. The Bertz CT molecular complexity index is 1220. The highest BCUT2D eigenvalue weighted by atomic mass is 19.4. The maximum atomic E-state index is 13.2. The van der Waals surface area contributed by atoms with Gasteiger partial charge in [-0.3, -0.25) is 14.4 Å². The van der Waals surface area contributed by atoms with E-state index < -0.39 is 11.7 Å². The van der Waals surface area contributed by atoms with Gasteiger partial charge in [0, 0.05) is 69.5 Å². The van der Waals surface area contributed by atoms with Gasteiger partial charge < -0.3 is 19.6 Å². The molecule has 3 heterocycles. The van der Waals surface area contributed by atoms with Crippen molar-refractivity contribution >= 4 is 29.1 Å². The molecule has 1 unspecified atom stereocenters. The summed E-state index contributed by atoms with van der Waals surface area (Å²) in [6.07, 6.45) is -3.05. The first-order valence-corrected chi connectivity index (χ1v) is 13.5. The Labute approximate surface area is 226 Å². The normalized spacial score (nSPS) is 21.0. The van der Waals surface area contributed by atoms with E-state index in [9.17, 15) is 27.6 Å². The van der Waals surface area contributed by atoms with Crippen LogP contribution in [-0.2, 0) is 20.6 Å². The standard InChI is InChI=1S/C29H33F3N4O3/c1-20-5-7-24(8-6-20)36-19-22(17-26(36)37)28(39)34-11-9-21(10-12-34)27(38)35-15-13-33(14-16-35)25-4-2-3-23(18-25)29(30,31)32/h2-8,18,21-22H,9-17,19H2,1H3. The third-order valence-electron chi connectivity index (χ3n) is 8.11. The molecule has 5 rings (SSSR count). The number of carbonyl (C=O) groups excluding carboxylic acids is 3. The van der Waals surface area contributed by atoms with E-state index in [4.69, 9.17) is 0 Å². The van der Waals surface area contributed by atoms with Gasteiger partial charge in [0.15, 0.2) is 0 Å². The van der Waals surface area contributed by atoms with E-state index in [0.29, 0.717) is 64.3 Å². The van der Waals surface area contributed by atoms with E-state index in [1.807, 2.05) is 36.1 Å². The zero-order valence-electron chi connectivity index (χ0n) is 22.0. The van der Waals surface area contributed by atoms with E-state index in [1.54, 1.807) is 20.8 Å². The predicted molar refractivity (Wildman–Crippen MR) is 141 cm³/mol. The number of rotatable bonds is 4. The topological polar surface area (TPSA) is 64.2 Å². The average molecular weight is 543 g/mol. The van der Waals surface area contributed by atoms with E-state index in [-0.39, 0.29) is 36.0 Å². The monoisotopic (exact) mass is 542 g/mol. The van der Waals surface area contributed by atoms with Crippen LogP contribution in [0.1, 0.15) is 30.4 Å². The molecule has 1 atom stereocenters. The molecular weight excluding hydrogens is 509 g/mol. The lowest BCUT2D eigenvalue weighted by atomic mass is 9.93. The molecule has 0 radical (unpaired) electrons. The second-order valence-corrected chi connectivity index (χ2v) is 10.7. The highest BCUT2D eigenvalue weighted by molar-refractivity contribution is 6.00. The van der Waals surface area contributed by atoms with Crippen LogP contribution in [0.3, 0.4) is 0 Å². The summed E-state index contributed by atoms with van der Waals surface area (Å²) < 4.78 is 39.2. The Kier molecular flexibility index (Phi) is 7.55. The molecule has 0 aliphatic carbocycles. The zero-order chi connectivity index (χ0) is 27.7. The van der Waals surface area contributed by atoms with E-state index >= 15 is 0 Å². The number of halogens is 3. The Morgan fingerprint density at radius 3 is 2.05 bits per heavy atom. The molecule has 39 heavy (non-hydrogen) atoms. The lowest BCUT2D eigenvalue weighted by molar-refractivity contribution is -0.142. The summed E-state index contributed by atoms with van der Waals surface area (Å²) in [5.41, 5.74) is 1.74. The number of aryl methyl sites for hydroxylation is 1. The number of anilines is 2. The third kappa shape index (κ3) is 5.89. The molecular formula is C29H33F3N4O3. The fraction of sp³-hybridized carbons (Fsp3) is 0.483. The number of piperazine rings is 1. The summed E-state index contributed by atoms with van der Waals surface area (Å²) in [6.45, 7) is 5.16. The number of hydrogen-bond acceptors (Lipinski definition) is 4. The number of carbonyl (C=O) groups is 3. The van der Waals surface area contributed by atoms with Crippen LogP contribution in [0.4, 0.5) is 24.5 Å². The maximum absolute atomic E-state index is 13.2. The molecule has 0 saturated carbocycles. The van der Waals surface area contributed by atoms with Crippen LogP contribution in [0.5, 0.6) is 0 Å². The van der Waals surface area contributed by atoms with Gasteiger partial charge in [0.25, 0.3) is 0 Å². The summed E-state index contributed by atoms with van der Waals surface area (Å²) in [5, 5.41) is 0. The van der Waals surface area contributed by atoms with Crippen molar-refractivity contribution < 1.29 is 27.6 Å². The molecule has 0 bridgehead atoms. The van der Waals surface area contributed by atoms with E-state index in [1.165, 1.54) is 6.07 Å². The SMILES string of the molecule is Cc1ccc(N2CC(C(=O)N3CCC(C(=O)N4CCN(c5cccc(C(F)(F)F)c5)CC4)CC3)CC2=O)cc1. The van der Waals surface area contributed by atoms with Crippen LogP contribution in [0.25, 0.3) is 0 Å². The number of alkyl halides is 3. The Hall–Kier alpha value is -3.56. The third-order valence-corrected chi connectivity index (χ3v) is 8.11. The molecule has 3 fully saturated rings. The number of benzene rings is 2. The maximum Gasteiger partial charge on any atom is 0.416 e. The van der Waals surface area contributed by atoms with Crippen molar-refractivity contribution in [2.45, 2.75) is 32.4 Å². The minimum Gasteiger partial charge on any atom is -0.368 e. The number of piperidine rings is 1. The smallest absolute Gasteiger partial charge is 0.368 e. The van der Waals surface area contributed by atoms with Crippen molar-refractivity contribution in [2.24, 2.45) is 11.8 Å². The lowest BCUT2D eigenvalue weighted by Gasteiger charge is -2.39. The van der Waals surface area contributed by atoms with Gasteiger partial charge in [-0.1, -0.05) is 23.8 Å². The van der Waals surface area contributed by atoms with Crippen molar-refractivity contribution in [2.75, 3.05) is 55.6 Å². The molecule has 3 saturated heterocycles. The molecule has 0 aromatic heterocycles. The minimum atomic E-state index is -4.39. The Morgan fingerprint density at radius 1 is 0.795 bits per heavy atom. The summed E-state index contributed by atoms with van der Waals surface area (Å²) >= 11 is 0. The van der Waals surface area contributed by atoms with Gasteiger partial charge >= 0.3 is 6.18 Å². The van der Waals surface area contributed by atoms with Gasteiger partial charge in [0.2, 0.25) is 17.7 Å². The molecule has 10 heteroatoms. The van der Waals surface area contributed by atoms with E-state index in [0.717, 1.165) is 23.4 Å². The van der Waals surface area contributed by atoms with Gasteiger partial charge in [-0.25, -0.2) is 0 Å². The Morgan fingerprint density at radius 2 is 1.41 bits per heavy atom. The van der Waals surface area contributed by atoms with Crippen LogP contribution in [0.2, 0.25) is 0 Å². The first-order valence-electron chi connectivity index (χ1n) is 13.5. The van der Waals surface area contributed by atoms with Gasteiger partial charge in [-0.2, -0.15) is 13.2 Å². The van der Waals surface area contributed by atoms with Gasteiger partial charge in [-0.15, -0.1) is 0 Å². The second-order valence-electron chi connectivity index (χ2n) is 10.7. The van der Waals surface area contributed by atoms with Crippen molar-refractivity contribution in [3.63, 3.8) is 0 Å². The molecule has 7 nitrogen and oxygen atoms in total. The van der Waals surface area contributed by atoms with Crippen LogP contribution >= 0.6 is 0 Å². The quantitative estimate of drug-likeness (QED) is 0.587. The van der Waals surface area contributed by atoms with Crippen LogP contribution in [0, 0.1) is 18.8 Å². The van der Waals surface area contributed by atoms with Crippen molar-refractivity contribution in [3.05, 3.63) is 59.7 Å². The van der Waals surface area contributed by atoms with Gasteiger partial charge in [-0.05, 0) is 50.1 Å². The molecule has 2 aromatic rings. The minimum absolute atomic E-state index is 0.0291. The number of hydrogen-bond donors (Lipinski definition) is 0. The molecule has 208 valence electrons. The van der Waals surface area contributed by atoms with Gasteiger partial charge in [0.05, 0.1) is 11.5 Å². The van der Waals surface area contributed by atoms with Crippen LogP contribution in [0.15, 0.2) is 48.5 Å². The highest BCUT2D eigenvalue weighted by Gasteiger charge is 2.39. The molecule has 2 aromatic carbocycles. The average Bonchev–Trinajstić information content (AvgIpc) is 3.34.